The number of carbonyl (C=O) groups is 1. The number of nitrogens with zero attached hydrogens (tertiary/aromatic N) is 2. The van der Waals surface area contributed by atoms with Crippen LogP contribution in [0.15, 0.2) is 60.8 Å². The topological polar surface area (TPSA) is 78.4 Å². The highest BCUT2D eigenvalue weighted by atomic mass is 16.5. The lowest BCUT2D eigenvalue weighted by atomic mass is 10.00. The number of rotatable bonds is 7. The average molecular weight is 456 g/mol. The summed E-state index contributed by atoms with van der Waals surface area (Å²) in [6.45, 7) is 2.90. The molecule has 0 aliphatic rings. The quantitative estimate of drug-likeness (QED) is 0.330. The fraction of sp³-hybridized carbons (Fsp3) is 0.185. The van der Waals surface area contributed by atoms with Crippen LogP contribution < -0.4 is 14.2 Å². The Labute approximate surface area is 196 Å². The lowest BCUT2D eigenvalue weighted by molar-refractivity contribution is 0.103. The van der Waals surface area contributed by atoms with Crippen LogP contribution in [0.3, 0.4) is 0 Å². The van der Waals surface area contributed by atoms with E-state index in [0.29, 0.717) is 28.4 Å². The molecule has 0 fully saturated rings. The zero-order valence-electron chi connectivity index (χ0n) is 19.5. The fourth-order valence-corrected chi connectivity index (χ4v) is 4.35. The minimum absolute atomic E-state index is 0.138. The van der Waals surface area contributed by atoms with E-state index in [1.54, 1.807) is 12.1 Å². The first-order chi connectivity index (χ1) is 16.6. The smallest absolute Gasteiger partial charge is 0.203 e. The van der Waals surface area contributed by atoms with Gasteiger partial charge in [-0.15, -0.1) is 0 Å². The number of aromatic amines is 1. The highest BCUT2D eigenvalue weighted by Gasteiger charge is 2.20. The lowest BCUT2D eigenvalue weighted by Crippen LogP contribution is -2.04. The number of carbonyl (C=O) groups excluding carboxylic acids is 1. The number of ketones is 1. The molecule has 2 aromatic heterocycles. The van der Waals surface area contributed by atoms with Crippen LogP contribution in [0.1, 0.15) is 22.8 Å². The van der Waals surface area contributed by atoms with Crippen molar-refractivity contribution >= 4 is 27.7 Å². The van der Waals surface area contributed by atoms with E-state index in [0.717, 1.165) is 39.9 Å². The van der Waals surface area contributed by atoms with E-state index < -0.39 is 0 Å². The van der Waals surface area contributed by atoms with Crippen LogP contribution in [0, 0.1) is 0 Å². The number of H-pyrrole nitrogens is 1. The summed E-state index contributed by atoms with van der Waals surface area (Å²) in [5.74, 6) is 1.96. The van der Waals surface area contributed by atoms with E-state index in [4.69, 9.17) is 19.2 Å². The highest BCUT2D eigenvalue weighted by molar-refractivity contribution is 6.12. The second-order valence-electron chi connectivity index (χ2n) is 7.91. The van der Waals surface area contributed by atoms with Crippen LogP contribution >= 0.6 is 0 Å². The van der Waals surface area contributed by atoms with Crippen molar-refractivity contribution in [2.24, 2.45) is 0 Å². The molecule has 2 heterocycles. The number of imidazole rings is 1. The van der Waals surface area contributed by atoms with Crippen LogP contribution in [0.4, 0.5) is 0 Å². The van der Waals surface area contributed by atoms with Crippen LogP contribution in [0.5, 0.6) is 17.2 Å². The number of methoxy groups -OCH3 is 3. The predicted octanol–water partition coefficient (Wildman–Crippen LogP) is 5.46. The van der Waals surface area contributed by atoms with Gasteiger partial charge in [-0.25, -0.2) is 4.98 Å². The third-order valence-electron chi connectivity index (χ3n) is 6.06. The van der Waals surface area contributed by atoms with Crippen molar-refractivity contribution < 1.29 is 19.0 Å². The van der Waals surface area contributed by atoms with E-state index in [2.05, 4.69) is 22.7 Å². The van der Waals surface area contributed by atoms with E-state index in [1.165, 1.54) is 21.3 Å². The molecule has 7 heteroatoms. The molecule has 7 nitrogen and oxygen atoms in total. The van der Waals surface area contributed by atoms with Gasteiger partial charge in [-0.1, -0.05) is 12.1 Å². The summed E-state index contributed by atoms with van der Waals surface area (Å²) in [5, 5.41) is 0.958. The minimum Gasteiger partial charge on any atom is -0.493 e. The molecule has 0 aliphatic carbocycles. The number of fused-ring (bicyclic) bond motifs is 2. The number of hydrogen-bond donors (Lipinski definition) is 1. The van der Waals surface area contributed by atoms with Gasteiger partial charge in [-0.3, -0.25) is 4.79 Å². The second-order valence-corrected chi connectivity index (χ2v) is 7.91. The third kappa shape index (κ3) is 3.46. The second kappa shape index (κ2) is 8.59. The van der Waals surface area contributed by atoms with Crippen LogP contribution in [0.2, 0.25) is 0 Å². The number of hydrogen-bond acceptors (Lipinski definition) is 5. The van der Waals surface area contributed by atoms with Crippen LogP contribution in [0.25, 0.3) is 33.3 Å². The Morgan fingerprint density at radius 1 is 0.941 bits per heavy atom. The number of aromatic nitrogens is 3. The molecule has 1 N–H and O–H groups in total. The van der Waals surface area contributed by atoms with Crippen molar-refractivity contribution in [3.8, 4) is 28.6 Å². The molecule has 34 heavy (non-hydrogen) atoms. The minimum atomic E-state index is -0.138. The van der Waals surface area contributed by atoms with Crippen molar-refractivity contribution in [3.05, 3.63) is 71.9 Å². The predicted molar refractivity (Wildman–Crippen MR) is 132 cm³/mol. The van der Waals surface area contributed by atoms with Crippen LogP contribution in [-0.4, -0.2) is 41.6 Å². The molecule has 0 atom stereocenters. The van der Waals surface area contributed by atoms with E-state index in [-0.39, 0.29) is 5.78 Å². The number of benzene rings is 3. The number of ether oxygens (including phenoxy) is 3. The average Bonchev–Trinajstić information content (AvgIpc) is 3.48. The molecular weight excluding hydrogens is 430 g/mol. The Hall–Kier alpha value is -4.26. The molecule has 0 saturated carbocycles. The standard InChI is InChI=1S/C27H25N3O4/c1-5-30-15-19(27-28-20-8-6-7-9-21(20)29-27)18-12-16(10-11-22(18)30)25(31)17-13-23(32-2)26(34-4)24(14-17)33-3/h6-15H,5H2,1-4H3,(H,28,29). The van der Waals surface area contributed by atoms with Crippen molar-refractivity contribution in [1.29, 1.82) is 0 Å². The molecule has 0 saturated heterocycles. The van der Waals surface area contributed by atoms with Gasteiger partial charge in [0.1, 0.15) is 5.82 Å². The number of aryl methyl sites for hydroxylation is 1. The molecule has 0 bridgehead atoms. The first kappa shape index (κ1) is 21.6. The van der Waals surface area contributed by atoms with Crippen LogP contribution in [-0.2, 0) is 6.54 Å². The Bertz CT molecular complexity index is 1470. The van der Waals surface area contributed by atoms with Crippen molar-refractivity contribution in [3.63, 3.8) is 0 Å². The summed E-state index contributed by atoms with van der Waals surface area (Å²) >= 11 is 0. The lowest BCUT2D eigenvalue weighted by Gasteiger charge is -2.14. The van der Waals surface area contributed by atoms with Gasteiger partial charge >= 0.3 is 0 Å². The summed E-state index contributed by atoms with van der Waals surface area (Å²) in [7, 11) is 4.60. The molecule has 0 radical (unpaired) electrons. The van der Waals surface area contributed by atoms with Crippen molar-refractivity contribution in [2.45, 2.75) is 13.5 Å². The maximum Gasteiger partial charge on any atom is 0.203 e. The summed E-state index contributed by atoms with van der Waals surface area (Å²) in [6.07, 6.45) is 2.08. The third-order valence-corrected chi connectivity index (χ3v) is 6.06. The monoisotopic (exact) mass is 455 g/mol. The first-order valence-electron chi connectivity index (χ1n) is 11.0. The maximum atomic E-state index is 13.5. The van der Waals surface area contributed by atoms with Gasteiger partial charge in [0.05, 0.1) is 32.4 Å². The van der Waals surface area contributed by atoms with Gasteiger partial charge in [-0.05, 0) is 49.4 Å². The molecule has 0 aliphatic heterocycles. The van der Waals surface area contributed by atoms with Crippen molar-refractivity contribution in [1.82, 2.24) is 14.5 Å². The molecule has 3 aromatic carbocycles. The zero-order valence-corrected chi connectivity index (χ0v) is 19.5. The van der Waals surface area contributed by atoms with Gasteiger partial charge in [0.2, 0.25) is 5.75 Å². The highest BCUT2D eigenvalue weighted by Crippen LogP contribution is 2.39. The summed E-state index contributed by atoms with van der Waals surface area (Å²) in [6, 6.07) is 17.0. The summed E-state index contributed by atoms with van der Waals surface area (Å²) < 4.78 is 18.4. The normalized spacial score (nSPS) is 11.2. The SMILES string of the molecule is CCn1cc(-c2nc3ccccc3[nH]2)c2cc(C(=O)c3cc(OC)c(OC)c(OC)c3)ccc21. The van der Waals surface area contributed by atoms with E-state index in [9.17, 15) is 4.79 Å². The van der Waals surface area contributed by atoms with E-state index in [1.807, 2.05) is 42.5 Å². The number of nitrogens with one attached hydrogen (secondary N) is 1. The Kier molecular flexibility index (Phi) is 5.45. The largest absolute Gasteiger partial charge is 0.493 e. The molecule has 172 valence electrons. The van der Waals surface area contributed by atoms with Gasteiger partial charge in [0.25, 0.3) is 0 Å². The molecule has 0 spiro atoms. The van der Waals surface area contributed by atoms with Gasteiger partial charge < -0.3 is 23.8 Å². The fourth-order valence-electron chi connectivity index (χ4n) is 4.35. The molecular formula is C27H25N3O4. The van der Waals surface area contributed by atoms with E-state index >= 15 is 0 Å². The Morgan fingerprint density at radius 3 is 2.32 bits per heavy atom. The molecule has 5 aromatic rings. The van der Waals surface area contributed by atoms with Crippen molar-refractivity contribution in [2.75, 3.05) is 21.3 Å². The molecule has 0 unspecified atom stereocenters. The Morgan fingerprint density at radius 2 is 1.68 bits per heavy atom. The number of para-hydroxylation sites is 2. The molecule has 5 rings (SSSR count). The van der Waals surface area contributed by atoms with Gasteiger partial charge in [0, 0.05) is 40.3 Å². The van der Waals surface area contributed by atoms with Gasteiger partial charge in [-0.2, -0.15) is 0 Å². The first-order valence-corrected chi connectivity index (χ1v) is 11.0. The summed E-state index contributed by atoms with van der Waals surface area (Å²) in [4.78, 5) is 21.7. The summed E-state index contributed by atoms with van der Waals surface area (Å²) in [5.41, 5.74) is 4.88. The zero-order chi connectivity index (χ0) is 23.8. The maximum absolute atomic E-state index is 13.5. The Balaban J connectivity index is 1.64. The van der Waals surface area contributed by atoms with Gasteiger partial charge in [0.15, 0.2) is 17.3 Å². The molecule has 0 amide bonds.